The highest BCUT2D eigenvalue weighted by molar-refractivity contribution is 4.54. The van der Waals surface area contributed by atoms with Crippen LogP contribution in [0.4, 0.5) is 4.39 Å². The van der Waals surface area contributed by atoms with E-state index in [0.29, 0.717) is 6.54 Å². The predicted octanol–water partition coefficient (Wildman–Crippen LogP) is -0.122. The zero-order chi connectivity index (χ0) is 6.57. The second-order valence-corrected chi connectivity index (χ2v) is 2.07. The number of hydrogen-bond acceptors (Lipinski definition) is 2. The largest absolute Gasteiger partial charge is 0.389 e. The molecule has 0 aliphatic carbocycles. The lowest BCUT2D eigenvalue weighted by Crippen LogP contribution is -2.26. The maximum absolute atomic E-state index is 11.5. The number of aliphatic hydroxyl groups excluding tert-OH is 1. The lowest BCUT2D eigenvalue weighted by atomic mass is 10.4. The average Bonchev–Trinajstić information content (AvgIpc) is 1.65. The Bertz CT molecular complexity index is 58.4. The van der Waals surface area contributed by atoms with Crippen molar-refractivity contribution in [2.75, 3.05) is 27.3 Å². The fraction of sp³-hybridized carbons (Fsp3) is 1.00. The Balaban J connectivity index is 3.10. The smallest absolute Gasteiger partial charge is 0.117 e. The van der Waals surface area contributed by atoms with Crippen LogP contribution in [0.5, 0.6) is 0 Å². The molecular formula is C5H12FNO. The van der Waals surface area contributed by atoms with E-state index in [0.717, 1.165) is 0 Å². The summed E-state index contributed by atoms with van der Waals surface area (Å²) < 4.78 is 11.5. The van der Waals surface area contributed by atoms with Gasteiger partial charge in [0.1, 0.15) is 6.67 Å². The van der Waals surface area contributed by atoms with Gasteiger partial charge in [0.2, 0.25) is 0 Å². The van der Waals surface area contributed by atoms with Gasteiger partial charge in [0.25, 0.3) is 0 Å². The van der Waals surface area contributed by atoms with Crippen molar-refractivity contribution in [3.05, 3.63) is 0 Å². The Morgan fingerprint density at radius 2 is 2.12 bits per heavy atom. The second kappa shape index (κ2) is 3.80. The van der Waals surface area contributed by atoms with Crippen LogP contribution < -0.4 is 0 Å². The van der Waals surface area contributed by atoms with Crippen LogP contribution in [0, 0.1) is 0 Å². The molecule has 0 saturated carbocycles. The van der Waals surface area contributed by atoms with Crippen molar-refractivity contribution in [3.8, 4) is 0 Å². The van der Waals surface area contributed by atoms with Crippen LogP contribution in [0.25, 0.3) is 0 Å². The average molecular weight is 121 g/mol. The first-order valence-corrected chi connectivity index (χ1v) is 2.55. The summed E-state index contributed by atoms with van der Waals surface area (Å²) in [6.45, 7) is -0.255. The summed E-state index contributed by atoms with van der Waals surface area (Å²) in [4.78, 5) is 1.74. The van der Waals surface area contributed by atoms with Crippen LogP contribution in [0.3, 0.4) is 0 Å². The van der Waals surface area contributed by atoms with Gasteiger partial charge in [-0.3, -0.25) is 0 Å². The molecule has 0 aromatic carbocycles. The summed E-state index contributed by atoms with van der Waals surface area (Å²) in [5, 5.41) is 8.61. The summed E-state index contributed by atoms with van der Waals surface area (Å²) in [6, 6.07) is 0. The maximum Gasteiger partial charge on any atom is 0.117 e. The molecule has 0 bridgehead atoms. The van der Waals surface area contributed by atoms with E-state index in [1.807, 2.05) is 0 Å². The van der Waals surface area contributed by atoms with E-state index in [1.54, 1.807) is 19.0 Å². The lowest BCUT2D eigenvalue weighted by Gasteiger charge is -2.11. The van der Waals surface area contributed by atoms with E-state index in [9.17, 15) is 4.39 Å². The third-order valence-corrected chi connectivity index (χ3v) is 0.754. The minimum absolute atomic E-state index is 0.399. The summed E-state index contributed by atoms with van der Waals surface area (Å²) in [5.41, 5.74) is 0. The fourth-order valence-corrected chi connectivity index (χ4v) is 0.470. The number of aliphatic hydroxyl groups is 1. The van der Waals surface area contributed by atoms with E-state index >= 15 is 0 Å². The van der Waals surface area contributed by atoms with E-state index in [4.69, 9.17) is 5.11 Å². The van der Waals surface area contributed by atoms with Gasteiger partial charge in [-0.05, 0) is 14.1 Å². The number of halogens is 1. The van der Waals surface area contributed by atoms with Gasteiger partial charge in [-0.2, -0.15) is 0 Å². The third kappa shape index (κ3) is 4.02. The van der Waals surface area contributed by atoms with Crippen molar-refractivity contribution >= 4 is 0 Å². The summed E-state index contributed by atoms with van der Waals surface area (Å²) >= 11 is 0. The molecular weight excluding hydrogens is 109 g/mol. The molecule has 0 aromatic heterocycles. The summed E-state index contributed by atoms with van der Waals surface area (Å²) in [5.74, 6) is 0. The first-order valence-electron chi connectivity index (χ1n) is 2.55. The lowest BCUT2D eigenvalue weighted by molar-refractivity contribution is 0.109. The molecule has 0 aromatic rings. The SMILES string of the molecule is CN(C)CC(O)CF. The van der Waals surface area contributed by atoms with Gasteiger partial charge in [-0.25, -0.2) is 4.39 Å². The minimum atomic E-state index is -0.815. The molecule has 0 heterocycles. The zero-order valence-corrected chi connectivity index (χ0v) is 5.26. The Morgan fingerprint density at radius 3 is 2.25 bits per heavy atom. The molecule has 0 fully saturated rings. The van der Waals surface area contributed by atoms with Gasteiger partial charge in [-0.15, -0.1) is 0 Å². The first kappa shape index (κ1) is 7.85. The van der Waals surface area contributed by atoms with Crippen molar-refractivity contribution < 1.29 is 9.50 Å². The Kier molecular flexibility index (Phi) is 3.73. The van der Waals surface area contributed by atoms with Crippen LogP contribution in [0.2, 0.25) is 0 Å². The van der Waals surface area contributed by atoms with Crippen LogP contribution in [-0.2, 0) is 0 Å². The molecule has 0 aliphatic heterocycles. The van der Waals surface area contributed by atoms with Crippen LogP contribution in [0.1, 0.15) is 0 Å². The van der Waals surface area contributed by atoms with Crippen LogP contribution >= 0.6 is 0 Å². The van der Waals surface area contributed by atoms with Crippen molar-refractivity contribution in [2.24, 2.45) is 0 Å². The molecule has 8 heavy (non-hydrogen) atoms. The van der Waals surface area contributed by atoms with Crippen molar-refractivity contribution in [3.63, 3.8) is 0 Å². The molecule has 50 valence electrons. The molecule has 0 amide bonds. The maximum atomic E-state index is 11.5. The Labute approximate surface area is 48.9 Å². The normalized spacial score (nSPS) is 14.6. The van der Waals surface area contributed by atoms with Crippen molar-refractivity contribution in [1.29, 1.82) is 0 Å². The summed E-state index contributed by atoms with van der Waals surface area (Å²) in [7, 11) is 3.58. The predicted molar refractivity (Wildman–Crippen MR) is 30.5 cm³/mol. The topological polar surface area (TPSA) is 23.5 Å². The number of rotatable bonds is 3. The highest BCUT2D eigenvalue weighted by Crippen LogP contribution is 1.85. The molecule has 0 spiro atoms. The van der Waals surface area contributed by atoms with E-state index in [-0.39, 0.29) is 0 Å². The molecule has 1 atom stereocenters. The second-order valence-electron chi connectivity index (χ2n) is 2.07. The van der Waals surface area contributed by atoms with Gasteiger partial charge in [0, 0.05) is 6.54 Å². The number of nitrogens with zero attached hydrogens (tertiary/aromatic N) is 1. The highest BCUT2D eigenvalue weighted by Gasteiger charge is 2.01. The van der Waals surface area contributed by atoms with E-state index < -0.39 is 12.8 Å². The minimum Gasteiger partial charge on any atom is -0.389 e. The molecule has 2 nitrogen and oxygen atoms in total. The molecule has 3 heteroatoms. The fourth-order valence-electron chi connectivity index (χ4n) is 0.470. The number of alkyl halides is 1. The Hall–Kier alpha value is -0.150. The molecule has 0 aliphatic rings. The quantitative estimate of drug-likeness (QED) is 0.562. The van der Waals surface area contributed by atoms with Crippen molar-refractivity contribution in [2.45, 2.75) is 6.10 Å². The van der Waals surface area contributed by atoms with Crippen LogP contribution in [-0.4, -0.2) is 43.4 Å². The van der Waals surface area contributed by atoms with E-state index in [1.165, 1.54) is 0 Å². The van der Waals surface area contributed by atoms with Gasteiger partial charge in [-0.1, -0.05) is 0 Å². The molecule has 0 rings (SSSR count). The zero-order valence-electron chi connectivity index (χ0n) is 5.26. The van der Waals surface area contributed by atoms with Gasteiger partial charge >= 0.3 is 0 Å². The highest BCUT2D eigenvalue weighted by atomic mass is 19.1. The van der Waals surface area contributed by atoms with E-state index in [2.05, 4.69) is 0 Å². The third-order valence-electron chi connectivity index (χ3n) is 0.754. The standard InChI is InChI=1S/C5H12FNO/c1-7(2)4-5(8)3-6/h5,8H,3-4H2,1-2H3. The molecule has 0 radical (unpaired) electrons. The first-order chi connectivity index (χ1) is 3.66. The van der Waals surface area contributed by atoms with Gasteiger partial charge < -0.3 is 10.0 Å². The summed E-state index contributed by atoms with van der Waals surface area (Å²) in [6.07, 6.45) is -0.815. The van der Waals surface area contributed by atoms with Gasteiger partial charge in [0.15, 0.2) is 0 Å². The molecule has 1 unspecified atom stereocenters. The monoisotopic (exact) mass is 121 g/mol. The molecule has 1 N–H and O–H groups in total. The van der Waals surface area contributed by atoms with Crippen LogP contribution in [0.15, 0.2) is 0 Å². The number of hydrogen-bond donors (Lipinski definition) is 1. The van der Waals surface area contributed by atoms with Crippen molar-refractivity contribution in [1.82, 2.24) is 4.90 Å². The Morgan fingerprint density at radius 1 is 1.62 bits per heavy atom. The van der Waals surface area contributed by atoms with Gasteiger partial charge in [0.05, 0.1) is 6.10 Å². The molecule has 0 saturated heterocycles. The number of likely N-dealkylation sites (N-methyl/N-ethyl adjacent to an activating group) is 1.